The van der Waals surface area contributed by atoms with Crippen molar-refractivity contribution in [1.82, 2.24) is 0 Å². The smallest absolute Gasteiger partial charge is 0.416 e. The van der Waals surface area contributed by atoms with Crippen molar-refractivity contribution in [2.24, 2.45) is 0 Å². The standard InChI is InChI=1S/C34H37F3O2/c1-6-39-31(38)25-12-7-23(8-13-25)9-14-26(21-24-10-16-28(17-11-24)34(35,36)37)27-15-18-29-30(22-27)33(4,5)20-19-32(29,2)3/h7-18,22,26H,6,19-21H2,1-5H3. The average molecular weight is 535 g/mol. The number of hydrogen-bond donors (Lipinski definition) is 0. The molecule has 3 aromatic rings. The summed E-state index contributed by atoms with van der Waals surface area (Å²) in [4.78, 5) is 12.0. The largest absolute Gasteiger partial charge is 0.462 e. The number of ether oxygens (including phenoxy) is 1. The zero-order valence-corrected chi connectivity index (χ0v) is 23.4. The fraction of sp³-hybridized carbons (Fsp3) is 0.382. The number of esters is 1. The molecule has 0 aromatic heterocycles. The maximum atomic E-state index is 13.1. The molecule has 2 nitrogen and oxygen atoms in total. The van der Waals surface area contributed by atoms with E-state index in [1.54, 1.807) is 31.2 Å². The molecule has 1 aliphatic carbocycles. The molecule has 206 valence electrons. The normalized spacial score (nSPS) is 17.0. The molecule has 0 bridgehead atoms. The van der Waals surface area contributed by atoms with E-state index in [4.69, 9.17) is 4.74 Å². The summed E-state index contributed by atoms with van der Waals surface area (Å²) in [5.74, 6) is -0.398. The number of fused-ring (bicyclic) bond motifs is 1. The van der Waals surface area contributed by atoms with E-state index in [9.17, 15) is 18.0 Å². The maximum Gasteiger partial charge on any atom is 0.416 e. The van der Waals surface area contributed by atoms with Gasteiger partial charge in [-0.25, -0.2) is 4.79 Å². The molecule has 1 unspecified atom stereocenters. The molecule has 0 N–H and O–H groups in total. The van der Waals surface area contributed by atoms with Crippen molar-refractivity contribution in [2.75, 3.05) is 6.61 Å². The lowest BCUT2D eigenvalue weighted by atomic mass is 9.62. The second kappa shape index (κ2) is 11.0. The summed E-state index contributed by atoms with van der Waals surface area (Å²) in [7, 11) is 0. The van der Waals surface area contributed by atoms with Gasteiger partial charge in [0.25, 0.3) is 0 Å². The summed E-state index contributed by atoms with van der Waals surface area (Å²) in [6.07, 6.45) is 2.56. The van der Waals surface area contributed by atoms with E-state index in [2.05, 4.69) is 52.0 Å². The molecule has 0 heterocycles. The van der Waals surface area contributed by atoms with Crippen molar-refractivity contribution >= 4 is 12.0 Å². The third-order valence-corrected chi connectivity index (χ3v) is 7.98. The van der Waals surface area contributed by atoms with Gasteiger partial charge in [-0.05, 0) is 89.1 Å². The Balaban J connectivity index is 1.69. The van der Waals surface area contributed by atoms with Gasteiger partial charge >= 0.3 is 12.1 Å². The minimum absolute atomic E-state index is 0.0439. The van der Waals surface area contributed by atoms with Gasteiger partial charge in [0.15, 0.2) is 0 Å². The Labute approximate surface area is 229 Å². The second-order valence-electron chi connectivity index (χ2n) is 11.8. The molecule has 4 rings (SSSR count). The third kappa shape index (κ3) is 6.63. The van der Waals surface area contributed by atoms with Gasteiger partial charge in [-0.15, -0.1) is 0 Å². The van der Waals surface area contributed by atoms with Crippen molar-refractivity contribution in [3.63, 3.8) is 0 Å². The summed E-state index contributed by atoms with van der Waals surface area (Å²) in [6.45, 7) is 11.3. The van der Waals surface area contributed by atoms with Crippen LogP contribution in [0.15, 0.2) is 72.8 Å². The number of hydrogen-bond acceptors (Lipinski definition) is 2. The van der Waals surface area contributed by atoms with E-state index in [-0.39, 0.29) is 22.7 Å². The summed E-state index contributed by atoms with van der Waals surface area (Å²) >= 11 is 0. The molecule has 5 heteroatoms. The van der Waals surface area contributed by atoms with E-state index >= 15 is 0 Å². The highest BCUT2D eigenvalue weighted by Gasteiger charge is 2.37. The molecule has 0 amide bonds. The van der Waals surface area contributed by atoms with Gasteiger partial charge in [0.2, 0.25) is 0 Å². The minimum atomic E-state index is -4.36. The Morgan fingerprint density at radius 2 is 1.51 bits per heavy atom. The van der Waals surface area contributed by atoms with Gasteiger partial charge in [0, 0.05) is 5.92 Å². The lowest BCUT2D eigenvalue weighted by Crippen LogP contribution is -2.34. The number of allylic oxidation sites excluding steroid dienone is 1. The lowest BCUT2D eigenvalue weighted by molar-refractivity contribution is -0.137. The SMILES string of the molecule is CCOC(=O)c1ccc(C=CC(Cc2ccc(C(F)(F)F)cc2)c2ccc3c(c2)C(C)(C)CCC3(C)C)cc1. The van der Waals surface area contributed by atoms with Crippen LogP contribution in [0, 0.1) is 0 Å². The van der Waals surface area contributed by atoms with Crippen LogP contribution in [0.4, 0.5) is 13.2 Å². The van der Waals surface area contributed by atoms with Crippen LogP contribution in [-0.2, 0) is 28.2 Å². The molecule has 1 aliphatic rings. The van der Waals surface area contributed by atoms with Gasteiger partial charge < -0.3 is 4.74 Å². The van der Waals surface area contributed by atoms with Gasteiger partial charge in [-0.3, -0.25) is 0 Å². The number of benzene rings is 3. The summed E-state index contributed by atoms with van der Waals surface area (Å²) in [5.41, 5.74) is 5.63. The Morgan fingerprint density at radius 1 is 0.897 bits per heavy atom. The molecule has 39 heavy (non-hydrogen) atoms. The number of carbonyl (C=O) groups excluding carboxylic acids is 1. The molecule has 0 fully saturated rings. The van der Waals surface area contributed by atoms with Crippen molar-refractivity contribution in [3.8, 4) is 0 Å². The predicted molar refractivity (Wildman–Crippen MR) is 151 cm³/mol. The van der Waals surface area contributed by atoms with Crippen molar-refractivity contribution < 1.29 is 22.7 Å². The first-order valence-corrected chi connectivity index (χ1v) is 13.6. The monoisotopic (exact) mass is 534 g/mol. The van der Waals surface area contributed by atoms with Gasteiger partial charge in [0.05, 0.1) is 17.7 Å². The van der Waals surface area contributed by atoms with Gasteiger partial charge in [-0.1, -0.05) is 82.3 Å². The van der Waals surface area contributed by atoms with Crippen LogP contribution in [0.5, 0.6) is 0 Å². The molecule has 0 radical (unpaired) electrons. The fourth-order valence-electron chi connectivity index (χ4n) is 5.39. The van der Waals surface area contributed by atoms with Crippen molar-refractivity contribution in [1.29, 1.82) is 0 Å². The molecule has 1 atom stereocenters. The lowest BCUT2D eigenvalue weighted by Gasteiger charge is -2.42. The first-order chi connectivity index (χ1) is 18.3. The third-order valence-electron chi connectivity index (χ3n) is 7.98. The molecule has 0 saturated carbocycles. The van der Waals surface area contributed by atoms with Crippen molar-refractivity contribution in [2.45, 2.75) is 76.8 Å². The van der Waals surface area contributed by atoms with Crippen LogP contribution in [0.25, 0.3) is 6.08 Å². The molecular formula is C34H37F3O2. The number of halogens is 3. The predicted octanol–water partition coefficient (Wildman–Crippen LogP) is 9.27. The highest BCUT2D eigenvalue weighted by molar-refractivity contribution is 5.89. The molecule has 3 aromatic carbocycles. The summed E-state index contributed by atoms with van der Waals surface area (Å²) in [5, 5.41) is 0. The zero-order chi connectivity index (χ0) is 28.4. The van der Waals surface area contributed by atoms with Gasteiger partial charge in [-0.2, -0.15) is 13.2 Å². The van der Waals surface area contributed by atoms with Crippen LogP contribution < -0.4 is 0 Å². The zero-order valence-electron chi connectivity index (χ0n) is 23.4. The summed E-state index contributed by atoms with van der Waals surface area (Å²) < 4.78 is 44.5. The van der Waals surface area contributed by atoms with Crippen LogP contribution in [0.2, 0.25) is 0 Å². The Hall–Kier alpha value is -3.34. The van der Waals surface area contributed by atoms with E-state index < -0.39 is 11.7 Å². The Kier molecular flexibility index (Phi) is 8.11. The van der Waals surface area contributed by atoms with Gasteiger partial charge in [0.1, 0.15) is 0 Å². The van der Waals surface area contributed by atoms with E-state index in [1.807, 2.05) is 18.2 Å². The quantitative estimate of drug-likeness (QED) is 0.282. The topological polar surface area (TPSA) is 26.3 Å². The van der Waals surface area contributed by atoms with Crippen LogP contribution >= 0.6 is 0 Å². The van der Waals surface area contributed by atoms with E-state index in [0.717, 1.165) is 41.7 Å². The molecule has 0 aliphatic heterocycles. The number of rotatable bonds is 7. The second-order valence-corrected chi connectivity index (χ2v) is 11.8. The maximum absolute atomic E-state index is 13.1. The summed E-state index contributed by atoms with van der Waals surface area (Å²) in [6, 6.07) is 19.4. The van der Waals surface area contributed by atoms with Crippen LogP contribution in [-0.4, -0.2) is 12.6 Å². The minimum Gasteiger partial charge on any atom is -0.462 e. The number of carbonyl (C=O) groups is 1. The highest BCUT2D eigenvalue weighted by atomic mass is 19.4. The molecular weight excluding hydrogens is 497 g/mol. The highest BCUT2D eigenvalue weighted by Crippen LogP contribution is 2.46. The fourth-order valence-corrected chi connectivity index (χ4v) is 5.39. The van der Waals surface area contributed by atoms with E-state index in [1.165, 1.54) is 11.1 Å². The van der Waals surface area contributed by atoms with Crippen LogP contribution in [0.3, 0.4) is 0 Å². The number of alkyl halides is 3. The Bertz CT molecular complexity index is 1330. The van der Waals surface area contributed by atoms with Crippen LogP contribution in [0.1, 0.15) is 97.1 Å². The first kappa shape index (κ1) is 28.7. The van der Waals surface area contributed by atoms with Crippen molar-refractivity contribution in [3.05, 3.63) is 112 Å². The molecule has 0 spiro atoms. The Morgan fingerprint density at radius 3 is 2.10 bits per heavy atom. The van der Waals surface area contributed by atoms with E-state index in [0.29, 0.717) is 18.6 Å². The first-order valence-electron chi connectivity index (χ1n) is 13.6. The molecule has 0 saturated heterocycles. The average Bonchev–Trinajstić information content (AvgIpc) is 2.89.